The van der Waals surface area contributed by atoms with Gasteiger partial charge in [0.1, 0.15) is 11.2 Å². The van der Waals surface area contributed by atoms with Gasteiger partial charge in [-0.15, -0.1) is 0 Å². The van der Waals surface area contributed by atoms with Gasteiger partial charge in [0.2, 0.25) is 0 Å². The summed E-state index contributed by atoms with van der Waals surface area (Å²) in [5.74, 6) is 0.230. The fourth-order valence-electron chi connectivity index (χ4n) is 4.15. The number of carbonyl (C=O) groups is 1. The Balaban J connectivity index is 1.59. The van der Waals surface area contributed by atoms with E-state index >= 15 is 0 Å². The number of piperidine rings is 1. The van der Waals surface area contributed by atoms with Gasteiger partial charge < -0.3 is 19.4 Å². The summed E-state index contributed by atoms with van der Waals surface area (Å²) in [5.41, 5.74) is 2.38. The maximum Gasteiger partial charge on any atom is 0.338 e. The molecule has 1 N–H and O–H groups in total. The number of rotatable bonds is 4. The lowest BCUT2D eigenvalue weighted by molar-refractivity contribution is 0.0526. The molecular formula is C20H23N5O3. The third-order valence-corrected chi connectivity index (χ3v) is 5.53. The SMILES string of the molecule is CCOC(=O)c1cc(-n2cccn2)c2oc(N3CC4CCC(C3)NC4)nc2c1. The summed E-state index contributed by atoms with van der Waals surface area (Å²) in [6, 6.07) is 6.38. The number of esters is 1. The molecule has 2 bridgehead atoms. The molecule has 5 heterocycles. The van der Waals surface area contributed by atoms with Crippen LogP contribution in [0.5, 0.6) is 0 Å². The average Bonchev–Trinajstić information content (AvgIpc) is 3.30. The first-order valence-electron chi connectivity index (χ1n) is 9.81. The van der Waals surface area contributed by atoms with Crippen molar-refractivity contribution < 1.29 is 13.9 Å². The van der Waals surface area contributed by atoms with Gasteiger partial charge in [0, 0.05) is 31.5 Å². The third kappa shape index (κ3) is 3.03. The Hall–Kier alpha value is -2.87. The molecule has 0 aliphatic carbocycles. The highest BCUT2D eigenvalue weighted by atomic mass is 16.5. The molecule has 0 spiro atoms. The van der Waals surface area contributed by atoms with Gasteiger partial charge in [-0.3, -0.25) is 0 Å². The van der Waals surface area contributed by atoms with E-state index in [0.29, 0.717) is 46.9 Å². The van der Waals surface area contributed by atoms with Gasteiger partial charge in [0.05, 0.1) is 12.2 Å². The topological polar surface area (TPSA) is 85.4 Å². The number of aromatic nitrogens is 3. The van der Waals surface area contributed by atoms with E-state index < -0.39 is 0 Å². The van der Waals surface area contributed by atoms with Crippen LogP contribution in [0.2, 0.25) is 0 Å². The average molecular weight is 381 g/mol. The second-order valence-corrected chi connectivity index (χ2v) is 7.46. The molecule has 3 aromatic rings. The molecule has 146 valence electrons. The van der Waals surface area contributed by atoms with Gasteiger partial charge in [-0.05, 0) is 50.4 Å². The number of hydrogen-bond acceptors (Lipinski definition) is 7. The number of hydrogen-bond donors (Lipinski definition) is 1. The predicted molar refractivity (Wildman–Crippen MR) is 104 cm³/mol. The van der Waals surface area contributed by atoms with Crippen molar-refractivity contribution >= 4 is 23.1 Å². The molecule has 3 fully saturated rings. The maximum absolute atomic E-state index is 12.3. The number of benzene rings is 1. The smallest absolute Gasteiger partial charge is 0.338 e. The van der Waals surface area contributed by atoms with E-state index in [1.807, 2.05) is 12.3 Å². The lowest BCUT2D eigenvalue weighted by atomic mass is 9.97. The molecule has 6 rings (SSSR count). The molecule has 2 atom stereocenters. The number of carbonyl (C=O) groups excluding carboxylic acids is 1. The first-order chi connectivity index (χ1) is 13.7. The van der Waals surface area contributed by atoms with Crippen molar-refractivity contribution in [2.45, 2.75) is 25.8 Å². The van der Waals surface area contributed by atoms with Crippen LogP contribution in [0, 0.1) is 5.92 Å². The molecule has 8 nitrogen and oxygen atoms in total. The van der Waals surface area contributed by atoms with Gasteiger partial charge in [-0.25, -0.2) is 9.48 Å². The van der Waals surface area contributed by atoms with E-state index in [4.69, 9.17) is 14.1 Å². The minimum atomic E-state index is -0.376. The summed E-state index contributed by atoms with van der Waals surface area (Å²) in [7, 11) is 0. The second kappa shape index (κ2) is 6.94. The molecule has 3 aliphatic rings. The third-order valence-electron chi connectivity index (χ3n) is 5.53. The first kappa shape index (κ1) is 17.2. The number of nitrogens with one attached hydrogen (secondary N) is 1. The van der Waals surface area contributed by atoms with E-state index in [-0.39, 0.29) is 5.97 Å². The molecule has 2 aromatic heterocycles. The molecule has 0 amide bonds. The highest BCUT2D eigenvalue weighted by Gasteiger charge is 2.31. The molecule has 3 aliphatic heterocycles. The molecule has 0 saturated carbocycles. The van der Waals surface area contributed by atoms with Crippen LogP contribution >= 0.6 is 0 Å². The fraction of sp³-hybridized carbons (Fsp3) is 0.450. The van der Waals surface area contributed by atoms with Crippen LogP contribution in [0.3, 0.4) is 0 Å². The molecular weight excluding hydrogens is 358 g/mol. The van der Waals surface area contributed by atoms with Crippen LogP contribution in [0.1, 0.15) is 30.1 Å². The van der Waals surface area contributed by atoms with Crippen LogP contribution in [0.4, 0.5) is 6.01 Å². The zero-order chi connectivity index (χ0) is 19.1. The fourth-order valence-corrected chi connectivity index (χ4v) is 4.15. The summed E-state index contributed by atoms with van der Waals surface area (Å²) in [6.07, 6.45) is 5.94. The predicted octanol–water partition coefficient (Wildman–Crippen LogP) is 2.38. The quantitative estimate of drug-likeness (QED) is 0.695. The van der Waals surface area contributed by atoms with Crippen molar-refractivity contribution in [2.24, 2.45) is 5.92 Å². The standard InChI is InChI=1S/C20H23N5O3/c1-2-27-19(26)14-8-16-18(17(9-14)25-7-3-6-22-25)28-20(23-16)24-11-13-4-5-15(12-24)21-10-13/h3,6-9,13,15,21H,2,4-5,10-12H2,1H3. The van der Waals surface area contributed by atoms with Gasteiger partial charge >= 0.3 is 5.97 Å². The van der Waals surface area contributed by atoms with Gasteiger partial charge in [-0.2, -0.15) is 10.1 Å². The van der Waals surface area contributed by atoms with Crippen molar-refractivity contribution in [3.63, 3.8) is 0 Å². The van der Waals surface area contributed by atoms with Crippen LogP contribution in [0.15, 0.2) is 35.0 Å². The van der Waals surface area contributed by atoms with E-state index in [9.17, 15) is 4.79 Å². The monoisotopic (exact) mass is 381 g/mol. The molecule has 1 aromatic carbocycles. The number of oxazole rings is 1. The first-order valence-corrected chi connectivity index (χ1v) is 9.81. The summed E-state index contributed by atoms with van der Waals surface area (Å²) < 4.78 is 13.1. The van der Waals surface area contributed by atoms with E-state index in [2.05, 4.69) is 15.3 Å². The molecule has 2 unspecified atom stereocenters. The Kier molecular flexibility index (Phi) is 4.27. The molecule has 8 heteroatoms. The van der Waals surface area contributed by atoms with Crippen molar-refractivity contribution in [1.82, 2.24) is 20.1 Å². The zero-order valence-electron chi connectivity index (χ0n) is 15.8. The van der Waals surface area contributed by atoms with Crippen molar-refractivity contribution in [3.8, 4) is 5.69 Å². The van der Waals surface area contributed by atoms with E-state index in [1.165, 1.54) is 12.8 Å². The highest BCUT2D eigenvalue weighted by Crippen LogP contribution is 2.31. The Morgan fingerprint density at radius 1 is 1.36 bits per heavy atom. The van der Waals surface area contributed by atoms with Crippen molar-refractivity contribution in [1.29, 1.82) is 0 Å². The normalized spacial score (nSPS) is 21.8. The number of ether oxygens (including phenoxy) is 1. The summed E-state index contributed by atoms with van der Waals surface area (Å²) in [6.45, 7) is 4.97. The highest BCUT2D eigenvalue weighted by molar-refractivity contribution is 5.96. The number of anilines is 1. The van der Waals surface area contributed by atoms with Gasteiger partial charge in [0.15, 0.2) is 5.58 Å². The van der Waals surface area contributed by atoms with Crippen molar-refractivity contribution in [3.05, 3.63) is 36.2 Å². The lowest BCUT2D eigenvalue weighted by Gasteiger charge is -2.22. The Morgan fingerprint density at radius 2 is 2.29 bits per heavy atom. The molecule has 28 heavy (non-hydrogen) atoms. The Bertz CT molecular complexity index is 975. The lowest BCUT2D eigenvalue weighted by Crippen LogP contribution is -2.39. The number of nitrogens with zero attached hydrogens (tertiary/aromatic N) is 4. The Morgan fingerprint density at radius 3 is 3.04 bits per heavy atom. The van der Waals surface area contributed by atoms with Gasteiger partial charge in [0.25, 0.3) is 6.01 Å². The van der Waals surface area contributed by atoms with Gasteiger partial charge in [-0.1, -0.05) is 0 Å². The minimum Gasteiger partial charge on any atom is -0.462 e. The van der Waals surface area contributed by atoms with Crippen LogP contribution in [-0.4, -0.2) is 53.0 Å². The molecule has 3 saturated heterocycles. The summed E-state index contributed by atoms with van der Waals surface area (Å²) >= 11 is 0. The van der Waals surface area contributed by atoms with Crippen LogP contribution < -0.4 is 10.2 Å². The Labute approximate surface area is 162 Å². The largest absolute Gasteiger partial charge is 0.462 e. The van der Waals surface area contributed by atoms with Crippen LogP contribution in [-0.2, 0) is 4.74 Å². The summed E-state index contributed by atoms with van der Waals surface area (Å²) in [4.78, 5) is 19.3. The van der Waals surface area contributed by atoms with Crippen LogP contribution in [0.25, 0.3) is 16.8 Å². The van der Waals surface area contributed by atoms with Crippen molar-refractivity contribution in [2.75, 3.05) is 31.1 Å². The number of fused-ring (bicyclic) bond motifs is 5. The second-order valence-electron chi connectivity index (χ2n) is 7.46. The van der Waals surface area contributed by atoms with E-state index in [0.717, 1.165) is 19.6 Å². The minimum absolute atomic E-state index is 0.321. The molecule has 0 radical (unpaired) electrons. The maximum atomic E-state index is 12.3. The summed E-state index contributed by atoms with van der Waals surface area (Å²) in [5, 5.41) is 7.91. The van der Waals surface area contributed by atoms with E-state index in [1.54, 1.807) is 29.9 Å². The zero-order valence-corrected chi connectivity index (χ0v) is 15.8.